The zero-order valence-corrected chi connectivity index (χ0v) is 11.9. The number of rotatable bonds is 3. The van der Waals surface area contributed by atoms with Gasteiger partial charge in [-0.2, -0.15) is 0 Å². The molecule has 0 heterocycles. The standard InChI is InChI=1S/C16H24N2O/c1-3-12-6-4-5-7-15(12)18-16(19)13-8-11(2)9-14(17)10-13/h8-10,12,15H,3-7,17H2,1-2H3,(H,18,19). The van der Waals surface area contributed by atoms with Gasteiger partial charge in [0.25, 0.3) is 5.91 Å². The molecule has 1 aromatic carbocycles. The van der Waals surface area contributed by atoms with Crippen LogP contribution in [0, 0.1) is 12.8 Å². The SMILES string of the molecule is CCC1CCCCC1NC(=O)c1cc(C)cc(N)c1. The van der Waals surface area contributed by atoms with Crippen LogP contribution < -0.4 is 11.1 Å². The van der Waals surface area contributed by atoms with Crippen LogP contribution in [0.1, 0.15) is 54.9 Å². The third-order valence-electron chi connectivity index (χ3n) is 4.11. The molecule has 3 heteroatoms. The number of hydrogen-bond donors (Lipinski definition) is 2. The number of hydrogen-bond acceptors (Lipinski definition) is 2. The van der Waals surface area contributed by atoms with Crippen molar-refractivity contribution in [1.82, 2.24) is 5.32 Å². The molecule has 1 aromatic rings. The molecule has 2 rings (SSSR count). The molecule has 19 heavy (non-hydrogen) atoms. The Bertz CT molecular complexity index is 436. The lowest BCUT2D eigenvalue weighted by molar-refractivity contribution is 0.0904. The van der Waals surface area contributed by atoms with Crippen molar-refractivity contribution in [2.75, 3.05) is 5.73 Å². The largest absolute Gasteiger partial charge is 0.399 e. The Morgan fingerprint density at radius 3 is 2.74 bits per heavy atom. The normalized spacial score (nSPS) is 23.1. The topological polar surface area (TPSA) is 55.1 Å². The van der Waals surface area contributed by atoms with E-state index in [4.69, 9.17) is 5.73 Å². The highest BCUT2D eigenvalue weighted by Gasteiger charge is 2.25. The van der Waals surface area contributed by atoms with Crippen LogP contribution in [-0.4, -0.2) is 11.9 Å². The number of nitrogens with two attached hydrogens (primary N) is 1. The average Bonchev–Trinajstić information content (AvgIpc) is 2.38. The number of nitrogen functional groups attached to an aromatic ring is 1. The molecule has 3 nitrogen and oxygen atoms in total. The Hall–Kier alpha value is -1.51. The van der Waals surface area contributed by atoms with Crippen molar-refractivity contribution in [3.63, 3.8) is 0 Å². The summed E-state index contributed by atoms with van der Waals surface area (Å²) in [6.45, 7) is 4.17. The fraction of sp³-hybridized carbons (Fsp3) is 0.562. The Morgan fingerprint density at radius 1 is 1.32 bits per heavy atom. The second kappa shape index (κ2) is 6.09. The summed E-state index contributed by atoms with van der Waals surface area (Å²) in [5.41, 5.74) is 8.16. The molecule has 1 fully saturated rings. The van der Waals surface area contributed by atoms with E-state index in [1.165, 1.54) is 19.3 Å². The smallest absolute Gasteiger partial charge is 0.251 e. The number of nitrogens with one attached hydrogen (secondary N) is 1. The van der Waals surface area contributed by atoms with Crippen molar-refractivity contribution in [3.8, 4) is 0 Å². The number of aryl methyl sites for hydroxylation is 1. The molecular formula is C16H24N2O. The number of amides is 1. The first kappa shape index (κ1) is 13.9. The molecule has 1 aliphatic rings. The second-order valence-electron chi connectivity index (χ2n) is 5.67. The summed E-state index contributed by atoms with van der Waals surface area (Å²) < 4.78 is 0. The lowest BCUT2D eigenvalue weighted by Crippen LogP contribution is -2.41. The number of benzene rings is 1. The number of anilines is 1. The predicted octanol–water partition coefficient (Wildman–Crippen LogP) is 3.28. The summed E-state index contributed by atoms with van der Waals surface area (Å²) in [6.07, 6.45) is 5.99. The van der Waals surface area contributed by atoms with Crippen molar-refractivity contribution in [1.29, 1.82) is 0 Å². The molecule has 0 saturated heterocycles. The van der Waals surface area contributed by atoms with E-state index in [0.717, 1.165) is 18.4 Å². The monoisotopic (exact) mass is 260 g/mol. The molecule has 0 aliphatic heterocycles. The number of carbonyl (C=O) groups excluding carboxylic acids is 1. The van der Waals surface area contributed by atoms with Gasteiger partial charge >= 0.3 is 0 Å². The lowest BCUT2D eigenvalue weighted by atomic mass is 9.83. The lowest BCUT2D eigenvalue weighted by Gasteiger charge is -2.31. The first-order valence-electron chi connectivity index (χ1n) is 7.28. The molecule has 1 aliphatic carbocycles. The minimum absolute atomic E-state index is 0.0146. The highest BCUT2D eigenvalue weighted by Crippen LogP contribution is 2.27. The molecule has 0 spiro atoms. The summed E-state index contributed by atoms with van der Waals surface area (Å²) in [6, 6.07) is 5.86. The van der Waals surface area contributed by atoms with Crippen LogP contribution in [0.25, 0.3) is 0 Å². The van der Waals surface area contributed by atoms with Gasteiger partial charge in [0, 0.05) is 17.3 Å². The van der Waals surface area contributed by atoms with E-state index in [1.807, 2.05) is 19.1 Å². The summed E-state index contributed by atoms with van der Waals surface area (Å²) in [5.74, 6) is 0.639. The van der Waals surface area contributed by atoms with Crippen LogP contribution in [0.5, 0.6) is 0 Å². The van der Waals surface area contributed by atoms with E-state index in [9.17, 15) is 4.79 Å². The van der Waals surface area contributed by atoms with Crippen LogP contribution in [0.2, 0.25) is 0 Å². The van der Waals surface area contributed by atoms with Gasteiger partial charge < -0.3 is 11.1 Å². The maximum absolute atomic E-state index is 12.3. The summed E-state index contributed by atoms with van der Waals surface area (Å²) >= 11 is 0. The summed E-state index contributed by atoms with van der Waals surface area (Å²) in [5, 5.41) is 3.20. The van der Waals surface area contributed by atoms with Crippen LogP contribution >= 0.6 is 0 Å². The Balaban J connectivity index is 2.07. The van der Waals surface area contributed by atoms with Crippen LogP contribution in [0.3, 0.4) is 0 Å². The molecule has 0 radical (unpaired) electrons. The van der Waals surface area contributed by atoms with Gasteiger partial charge in [0.05, 0.1) is 0 Å². The maximum atomic E-state index is 12.3. The molecule has 2 atom stereocenters. The molecule has 104 valence electrons. The van der Waals surface area contributed by atoms with E-state index in [1.54, 1.807) is 6.07 Å². The zero-order chi connectivity index (χ0) is 13.8. The minimum Gasteiger partial charge on any atom is -0.399 e. The van der Waals surface area contributed by atoms with E-state index >= 15 is 0 Å². The van der Waals surface area contributed by atoms with Gasteiger partial charge in [-0.25, -0.2) is 0 Å². The highest BCUT2D eigenvalue weighted by molar-refractivity contribution is 5.95. The van der Waals surface area contributed by atoms with Crippen LogP contribution in [-0.2, 0) is 0 Å². The van der Waals surface area contributed by atoms with E-state index in [-0.39, 0.29) is 5.91 Å². The third kappa shape index (κ3) is 3.49. The fourth-order valence-electron chi connectivity index (χ4n) is 3.08. The van der Waals surface area contributed by atoms with Gasteiger partial charge in [-0.3, -0.25) is 4.79 Å². The Morgan fingerprint density at radius 2 is 2.05 bits per heavy atom. The molecule has 3 N–H and O–H groups in total. The van der Waals surface area contributed by atoms with Crippen molar-refractivity contribution in [2.24, 2.45) is 5.92 Å². The van der Waals surface area contributed by atoms with E-state index < -0.39 is 0 Å². The van der Waals surface area contributed by atoms with Gasteiger partial charge in [0.1, 0.15) is 0 Å². The quantitative estimate of drug-likeness (QED) is 0.819. The van der Waals surface area contributed by atoms with Crippen molar-refractivity contribution in [3.05, 3.63) is 29.3 Å². The minimum atomic E-state index is 0.0146. The first-order chi connectivity index (χ1) is 9.10. The predicted molar refractivity (Wildman–Crippen MR) is 79.1 cm³/mol. The van der Waals surface area contributed by atoms with Gasteiger partial charge in [-0.15, -0.1) is 0 Å². The molecular weight excluding hydrogens is 236 g/mol. The second-order valence-corrected chi connectivity index (χ2v) is 5.67. The maximum Gasteiger partial charge on any atom is 0.251 e. The van der Waals surface area contributed by atoms with Crippen LogP contribution in [0.15, 0.2) is 18.2 Å². The van der Waals surface area contributed by atoms with Crippen molar-refractivity contribution in [2.45, 2.75) is 52.0 Å². The van der Waals surface area contributed by atoms with Gasteiger partial charge in [-0.1, -0.05) is 26.2 Å². The summed E-state index contributed by atoms with van der Waals surface area (Å²) in [4.78, 5) is 12.3. The average molecular weight is 260 g/mol. The van der Waals surface area contributed by atoms with Crippen molar-refractivity contribution < 1.29 is 4.79 Å². The van der Waals surface area contributed by atoms with Gasteiger partial charge in [0.2, 0.25) is 0 Å². The highest BCUT2D eigenvalue weighted by atomic mass is 16.1. The van der Waals surface area contributed by atoms with Gasteiger partial charge in [-0.05, 0) is 49.4 Å². The van der Waals surface area contributed by atoms with Crippen LogP contribution in [0.4, 0.5) is 5.69 Å². The summed E-state index contributed by atoms with van der Waals surface area (Å²) in [7, 11) is 0. The Labute approximate surface area is 115 Å². The Kier molecular flexibility index (Phi) is 4.46. The molecule has 1 amide bonds. The van der Waals surface area contributed by atoms with Crippen molar-refractivity contribution >= 4 is 11.6 Å². The molecule has 1 saturated carbocycles. The first-order valence-corrected chi connectivity index (χ1v) is 7.28. The number of carbonyl (C=O) groups is 1. The zero-order valence-electron chi connectivity index (χ0n) is 11.9. The fourth-order valence-corrected chi connectivity index (χ4v) is 3.08. The molecule has 2 unspecified atom stereocenters. The molecule has 0 aromatic heterocycles. The van der Waals surface area contributed by atoms with E-state index in [0.29, 0.717) is 23.2 Å². The van der Waals surface area contributed by atoms with E-state index in [2.05, 4.69) is 12.2 Å². The third-order valence-corrected chi connectivity index (χ3v) is 4.11. The molecule has 0 bridgehead atoms. The van der Waals surface area contributed by atoms with Gasteiger partial charge in [0.15, 0.2) is 0 Å².